The van der Waals surface area contributed by atoms with E-state index in [-0.39, 0.29) is 5.91 Å². The van der Waals surface area contributed by atoms with Crippen molar-refractivity contribution in [2.45, 2.75) is 26.0 Å². The van der Waals surface area contributed by atoms with E-state index in [9.17, 15) is 4.79 Å². The van der Waals surface area contributed by atoms with Gasteiger partial charge in [0, 0.05) is 13.1 Å². The summed E-state index contributed by atoms with van der Waals surface area (Å²) in [5.74, 6) is 0.539. The molecular formula is C18H18ClNO2. The van der Waals surface area contributed by atoms with Crippen molar-refractivity contribution in [3.8, 4) is 5.75 Å². The number of para-hydroxylation sites is 1. The number of halogens is 1. The topological polar surface area (TPSA) is 29.5 Å². The van der Waals surface area contributed by atoms with Crippen LogP contribution in [0.4, 0.5) is 0 Å². The van der Waals surface area contributed by atoms with Crippen molar-refractivity contribution in [1.29, 1.82) is 0 Å². The van der Waals surface area contributed by atoms with E-state index in [4.69, 9.17) is 16.3 Å². The van der Waals surface area contributed by atoms with Crippen molar-refractivity contribution in [1.82, 2.24) is 4.90 Å². The maximum Gasteiger partial charge on any atom is 0.263 e. The zero-order chi connectivity index (χ0) is 15.5. The van der Waals surface area contributed by atoms with Crippen LogP contribution in [0.3, 0.4) is 0 Å². The Hall–Kier alpha value is -2.00. The third kappa shape index (κ3) is 3.09. The van der Waals surface area contributed by atoms with E-state index in [0.29, 0.717) is 17.3 Å². The zero-order valence-corrected chi connectivity index (χ0v) is 13.2. The van der Waals surface area contributed by atoms with Gasteiger partial charge < -0.3 is 9.64 Å². The summed E-state index contributed by atoms with van der Waals surface area (Å²) in [6.45, 7) is 3.14. The molecule has 0 bridgehead atoms. The quantitative estimate of drug-likeness (QED) is 0.864. The molecule has 1 amide bonds. The number of rotatable bonds is 3. The molecule has 0 saturated carbocycles. The van der Waals surface area contributed by atoms with Crippen LogP contribution in [0.5, 0.6) is 5.75 Å². The van der Waals surface area contributed by atoms with Gasteiger partial charge in [0.15, 0.2) is 6.10 Å². The van der Waals surface area contributed by atoms with Gasteiger partial charge in [-0.25, -0.2) is 0 Å². The van der Waals surface area contributed by atoms with Gasteiger partial charge >= 0.3 is 0 Å². The third-order valence-corrected chi connectivity index (χ3v) is 4.24. The molecule has 1 aliphatic rings. The second-order valence-corrected chi connectivity index (χ2v) is 5.88. The van der Waals surface area contributed by atoms with Gasteiger partial charge in [-0.15, -0.1) is 0 Å². The average molecular weight is 316 g/mol. The summed E-state index contributed by atoms with van der Waals surface area (Å²) in [6, 6.07) is 15.5. The van der Waals surface area contributed by atoms with E-state index in [1.165, 1.54) is 11.1 Å². The fraction of sp³-hybridized carbons (Fsp3) is 0.278. The van der Waals surface area contributed by atoms with Gasteiger partial charge in [0.25, 0.3) is 5.91 Å². The number of carbonyl (C=O) groups is 1. The number of fused-ring (bicyclic) bond motifs is 1. The monoisotopic (exact) mass is 315 g/mol. The predicted octanol–water partition coefficient (Wildman–Crippen LogP) is 3.69. The summed E-state index contributed by atoms with van der Waals surface area (Å²) in [5.41, 5.74) is 2.54. The fourth-order valence-corrected chi connectivity index (χ4v) is 2.90. The second-order valence-electron chi connectivity index (χ2n) is 5.47. The molecule has 1 atom stereocenters. The number of hydrogen-bond donors (Lipinski definition) is 0. The van der Waals surface area contributed by atoms with Crippen molar-refractivity contribution in [2.24, 2.45) is 0 Å². The van der Waals surface area contributed by atoms with E-state index in [0.717, 1.165) is 13.0 Å². The number of amides is 1. The van der Waals surface area contributed by atoms with Crippen LogP contribution in [0.2, 0.25) is 5.02 Å². The molecule has 0 spiro atoms. The van der Waals surface area contributed by atoms with Gasteiger partial charge in [-0.1, -0.05) is 48.0 Å². The number of carbonyl (C=O) groups excluding carboxylic acids is 1. The van der Waals surface area contributed by atoms with Crippen LogP contribution in [0, 0.1) is 0 Å². The summed E-state index contributed by atoms with van der Waals surface area (Å²) in [7, 11) is 0. The molecule has 0 aliphatic carbocycles. The highest BCUT2D eigenvalue weighted by atomic mass is 35.5. The lowest BCUT2D eigenvalue weighted by Gasteiger charge is -2.31. The van der Waals surface area contributed by atoms with Gasteiger partial charge in [-0.05, 0) is 36.6 Å². The fourth-order valence-electron chi connectivity index (χ4n) is 2.72. The minimum atomic E-state index is -0.551. The molecule has 0 radical (unpaired) electrons. The van der Waals surface area contributed by atoms with Crippen LogP contribution < -0.4 is 4.74 Å². The smallest absolute Gasteiger partial charge is 0.263 e. The van der Waals surface area contributed by atoms with Crippen molar-refractivity contribution in [3.05, 3.63) is 64.7 Å². The normalized spacial score (nSPS) is 15.1. The first-order valence-electron chi connectivity index (χ1n) is 7.42. The Bertz CT molecular complexity index is 686. The molecule has 0 fully saturated rings. The van der Waals surface area contributed by atoms with Crippen LogP contribution in [-0.4, -0.2) is 23.5 Å². The molecule has 4 heteroatoms. The molecule has 3 rings (SSSR count). The van der Waals surface area contributed by atoms with Crippen LogP contribution >= 0.6 is 11.6 Å². The molecule has 1 aliphatic heterocycles. The van der Waals surface area contributed by atoms with Gasteiger partial charge in [0.05, 0.1) is 5.02 Å². The molecule has 0 unspecified atom stereocenters. The van der Waals surface area contributed by atoms with Crippen molar-refractivity contribution in [2.75, 3.05) is 6.54 Å². The van der Waals surface area contributed by atoms with Crippen molar-refractivity contribution >= 4 is 17.5 Å². The maximum absolute atomic E-state index is 12.6. The highest BCUT2D eigenvalue weighted by molar-refractivity contribution is 6.32. The van der Waals surface area contributed by atoms with Crippen LogP contribution in [0.15, 0.2) is 48.5 Å². The number of nitrogens with zero attached hydrogens (tertiary/aromatic N) is 1. The lowest BCUT2D eigenvalue weighted by Crippen LogP contribution is -2.43. The Morgan fingerprint density at radius 1 is 1.14 bits per heavy atom. The Morgan fingerprint density at radius 3 is 2.59 bits per heavy atom. The summed E-state index contributed by atoms with van der Waals surface area (Å²) < 4.78 is 5.72. The number of benzene rings is 2. The Labute approximate surface area is 135 Å². The minimum absolute atomic E-state index is 0.00516. The zero-order valence-electron chi connectivity index (χ0n) is 12.5. The first-order chi connectivity index (χ1) is 10.6. The van der Waals surface area contributed by atoms with E-state index in [1.807, 2.05) is 29.2 Å². The van der Waals surface area contributed by atoms with Gasteiger partial charge in [-0.2, -0.15) is 0 Å². The number of ether oxygens (including phenoxy) is 1. The average Bonchev–Trinajstić information content (AvgIpc) is 2.55. The molecule has 1 heterocycles. The summed E-state index contributed by atoms with van der Waals surface area (Å²) in [5, 5.41) is 0.520. The molecule has 0 N–H and O–H groups in total. The van der Waals surface area contributed by atoms with Gasteiger partial charge in [-0.3, -0.25) is 4.79 Å². The van der Waals surface area contributed by atoms with Crippen molar-refractivity contribution < 1.29 is 9.53 Å². The summed E-state index contributed by atoms with van der Waals surface area (Å²) in [4.78, 5) is 14.4. The Morgan fingerprint density at radius 2 is 1.82 bits per heavy atom. The highest BCUT2D eigenvalue weighted by Gasteiger charge is 2.26. The standard InChI is InChI=1S/C18H18ClNO2/c1-13(22-17-9-5-4-8-16(17)19)18(21)20-11-10-14-6-2-3-7-15(14)12-20/h2-9,13H,10-12H2,1H3/t13-/m0/s1. The molecular weight excluding hydrogens is 298 g/mol. The van der Waals surface area contributed by atoms with E-state index >= 15 is 0 Å². The molecule has 3 nitrogen and oxygen atoms in total. The lowest BCUT2D eigenvalue weighted by atomic mass is 9.99. The lowest BCUT2D eigenvalue weighted by molar-refractivity contribution is -0.138. The molecule has 22 heavy (non-hydrogen) atoms. The van der Waals surface area contributed by atoms with Crippen LogP contribution in [0.25, 0.3) is 0 Å². The van der Waals surface area contributed by atoms with Crippen LogP contribution in [-0.2, 0) is 17.8 Å². The third-order valence-electron chi connectivity index (χ3n) is 3.93. The predicted molar refractivity (Wildman–Crippen MR) is 87.1 cm³/mol. The molecule has 0 saturated heterocycles. The van der Waals surface area contributed by atoms with E-state index in [2.05, 4.69) is 12.1 Å². The first kappa shape index (κ1) is 14.9. The van der Waals surface area contributed by atoms with Crippen LogP contribution in [0.1, 0.15) is 18.1 Å². The summed E-state index contributed by atoms with van der Waals surface area (Å²) in [6.07, 6.45) is 0.339. The molecule has 2 aromatic carbocycles. The number of hydrogen-bond acceptors (Lipinski definition) is 2. The largest absolute Gasteiger partial charge is 0.479 e. The maximum atomic E-state index is 12.6. The second kappa shape index (κ2) is 6.41. The Balaban J connectivity index is 1.68. The van der Waals surface area contributed by atoms with Gasteiger partial charge in [0.1, 0.15) is 5.75 Å². The van der Waals surface area contributed by atoms with E-state index in [1.54, 1.807) is 19.1 Å². The Kier molecular flexibility index (Phi) is 4.34. The SMILES string of the molecule is C[C@H](Oc1ccccc1Cl)C(=O)N1CCc2ccccc2C1. The van der Waals surface area contributed by atoms with Gasteiger partial charge in [0.2, 0.25) is 0 Å². The minimum Gasteiger partial charge on any atom is -0.479 e. The van der Waals surface area contributed by atoms with E-state index < -0.39 is 6.10 Å². The first-order valence-corrected chi connectivity index (χ1v) is 7.79. The molecule has 2 aromatic rings. The molecule has 0 aromatic heterocycles. The highest BCUT2D eigenvalue weighted by Crippen LogP contribution is 2.25. The van der Waals surface area contributed by atoms with Crippen molar-refractivity contribution in [3.63, 3.8) is 0 Å². The molecule has 114 valence electrons. The summed E-state index contributed by atoms with van der Waals surface area (Å²) >= 11 is 6.08.